The second kappa shape index (κ2) is 2.88. The lowest BCUT2D eigenvalue weighted by atomic mass is 10.6. The van der Waals surface area contributed by atoms with Crippen LogP contribution in [0.1, 0.15) is 6.92 Å². The van der Waals surface area contributed by atoms with Crippen molar-refractivity contribution in [3.63, 3.8) is 0 Å². The first-order valence-corrected chi connectivity index (χ1v) is 2.65. The van der Waals surface area contributed by atoms with Gasteiger partial charge in [-0.25, -0.2) is 9.67 Å². The van der Waals surface area contributed by atoms with Gasteiger partial charge in [-0.15, -0.1) is 5.92 Å². The lowest BCUT2D eigenvalue weighted by molar-refractivity contribution is 0.713. The third-order valence-corrected chi connectivity index (χ3v) is 0.884. The van der Waals surface area contributed by atoms with E-state index in [0.717, 1.165) is 0 Å². The van der Waals surface area contributed by atoms with E-state index in [2.05, 4.69) is 21.9 Å². The van der Waals surface area contributed by atoms with Crippen molar-refractivity contribution in [3.8, 4) is 11.8 Å². The van der Waals surface area contributed by atoms with Gasteiger partial charge in [-0.05, 0) is 6.92 Å². The van der Waals surface area contributed by atoms with Crippen LogP contribution >= 0.6 is 0 Å². The van der Waals surface area contributed by atoms with E-state index in [0.29, 0.717) is 6.54 Å². The van der Waals surface area contributed by atoms with Crippen molar-refractivity contribution in [2.75, 3.05) is 0 Å². The largest absolute Gasteiger partial charge is 0.241 e. The molecule has 0 saturated carbocycles. The molecule has 0 spiro atoms. The highest BCUT2D eigenvalue weighted by Crippen LogP contribution is 1.75. The van der Waals surface area contributed by atoms with Crippen molar-refractivity contribution < 1.29 is 0 Å². The van der Waals surface area contributed by atoms with E-state index >= 15 is 0 Å². The van der Waals surface area contributed by atoms with E-state index in [9.17, 15) is 0 Å². The van der Waals surface area contributed by atoms with Gasteiger partial charge in [0.15, 0.2) is 0 Å². The Morgan fingerprint density at radius 2 is 2.56 bits per heavy atom. The van der Waals surface area contributed by atoms with Gasteiger partial charge in [0.25, 0.3) is 0 Å². The lowest BCUT2D eigenvalue weighted by Gasteiger charge is -1.86. The Labute approximate surface area is 53.7 Å². The van der Waals surface area contributed by atoms with Gasteiger partial charge < -0.3 is 0 Å². The number of nitrogens with zero attached hydrogens (tertiary/aromatic N) is 3. The number of hydrogen-bond donors (Lipinski definition) is 0. The highest BCUT2D eigenvalue weighted by atomic mass is 15.3. The molecule has 0 atom stereocenters. The molecule has 0 unspecified atom stereocenters. The van der Waals surface area contributed by atoms with E-state index in [1.165, 1.54) is 6.33 Å². The molecule has 1 heterocycles. The third kappa shape index (κ3) is 1.57. The summed E-state index contributed by atoms with van der Waals surface area (Å²) in [6, 6.07) is 0. The predicted molar refractivity (Wildman–Crippen MR) is 33.5 cm³/mol. The molecule has 0 aromatic carbocycles. The topological polar surface area (TPSA) is 30.7 Å². The molecule has 0 bridgehead atoms. The molecule has 1 rings (SSSR count). The maximum Gasteiger partial charge on any atom is 0.137 e. The molecule has 0 radical (unpaired) electrons. The lowest BCUT2D eigenvalue weighted by Crippen LogP contribution is -1.94. The van der Waals surface area contributed by atoms with Gasteiger partial charge >= 0.3 is 0 Å². The molecule has 0 aliphatic carbocycles. The number of rotatable bonds is 1. The first-order chi connectivity index (χ1) is 4.43. The highest BCUT2D eigenvalue weighted by Gasteiger charge is 1.81. The van der Waals surface area contributed by atoms with E-state index in [1.54, 1.807) is 17.9 Å². The Kier molecular flexibility index (Phi) is 1.86. The van der Waals surface area contributed by atoms with Crippen LogP contribution in [-0.4, -0.2) is 14.8 Å². The fourth-order valence-corrected chi connectivity index (χ4v) is 0.474. The highest BCUT2D eigenvalue weighted by molar-refractivity contribution is 4.94. The van der Waals surface area contributed by atoms with Crippen LogP contribution in [0.3, 0.4) is 0 Å². The summed E-state index contributed by atoms with van der Waals surface area (Å²) in [5.41, 5.74) is 0. The smallest absolute Gasteiger partial charge is 0.137 e. The summed E-state index contributed by atoms with van der Waals surface area (Å²) in [6.45, 7) is 2.44. The first-order valence-electron chi connectivity index (χ1n) is 2.65. The molecule has 1 aromatic heterocycles. The first kappa shape index (κ1) is 5.83. The molecule has 9 heavy (non-hydrogen) atoms. The van der Waals surface area contributed by atoms with E-state index in [4.69, 9.17) is 0 Å². The van der Waals surface area contributed by atoms with Crippen LogP contribution in [0, 0.1) is 11.8 Å². The molecular formula is C6H7N3. The van der Waals surface area contributed by atoms with Crippen LogP contribution in [0.4, 0.5) is 0 Å². The molecule has 0 aliphatic heterocycles. The summed E-state index contributed by atoms with van der Waals surface area (Å²) >= 11 is 0. The molecule has 3 heteroatoms. The van der Waals surface area contributed by atoms with Crippen LogP contribution in [-0.2, 0) is 6.54 Å². The van der Waals surface area contributed by atoms with Crippen LogP contribution < -0.4 is 0 Å². The van der Waals surface area contributed by atoms with Gasteiger partial charge in [0.2, 0.25) is 0 Å². The molecule has 3 nitrogen and oxygen atoms in total. The minimum absolute atomic E-state index is 0.635. The number of aromatic nitrogens is 3. The normalized spacial score (nSPS) is 8.11. The van der Waals surface area contributed by atoms with Crippen molar-refractivity contribution in [1.82, 2.24) is 14.8 Å². The molecular weight excluding hydrogens is 114 g/mol. The van der Waals surface area contributed by atoms with Gasteiger partial charge in [0.05, 0.1) is 0 Å². The summed E-state index contributed by atoms with van der Waals surface area (Å²) in [5.74, 6) is 5.63. The van der Waals surface area contributed by atoms with Crippen molar-refractivity contribution in [2.24, 2.45) is 0 Å². The number of hydrogen-bond acceptors (Lipinski definition) is 2. The average molecular weight is 121 g/mol. The average Bonchev–Trinajstić information content (AvgIpc) is 2.34. The summed E-state index contributed by atoms with van der Waals surface area (Å²) in [4.78, 5) is 3.76. The van der Waals surface area contributed by atoms with Crippen molar-refractivity contribution >= 4 is 0 Å². The minimum atomic E-state index is 0.635. The molecule has 46 valence electrons. The minimum Gasteiger partial charge on any atom is -0.241 e. The van der Waals surface area contributed by atoms with Crippen LogP contribution in [0.5, 0.6) is 0 Å². The van der Waals surface area contributed by atoms with Gasteiger partial charge in [-0.1, -0.05) is 5.92 Å². The predicted octanol–water partition coefficient (Wildman–Crippen LogP) is 0.301. The fourth-order valence-electron chi connectivity index (χ4n) is 0.474. The Bertz CT molecular complexity index is 214. The Hall–Kier alpha value is -1.30. The molecule has 0 saturated heterocycles. The maximum atomic E-state index is 3.86. The standard InChI is InChI=1S/C6H7N3/c1-2-3-4-9-6-7-5-8-9/h5-6H,4H2,1H3. The molecule has 0 fully saturated rings. The molecule has 0 amide bonds. The Balaban J connectivity index is 2.54. The van der Waals surface area contributed by atoms with Crippen molar-refractivity contribution in [1.29, 1.82) is 0 Å². The fraction of sp³-hybridized carbons (Fsp3) is 0.333. The SMILES string of the molecule is CC#CCn1cncn1. The van der Waals surface area contributed by atoms with Crippen molar-refractivity contribution in [2.45, 2.75) is 13.5 Å². The van der Waals surface area contributed by atoms with Crippen molar-refractivity contribution in [3.05, 3.63) is 12.7 Å². The zero-order valence-electron chi connectivity index (χ0n) is 5.20. The second-order valence-electron chi connectivity index (χ2n) is 1.52. The summed E-state index contributed by atoms with van der Waals surface area (Å²) in [5, 5.41) is 3.86. The Morgan fingerprint density at radius 3 is 3.11 bits per heavy atom. The Morgan fingerprint density at radius 1 is 1.67 bits per heavy atom. The third-order valence-electron chi connectivity index (χ3n) is 0.884. The quantitative estimate of drug-likeness (QED) is 0.500. The van der Waals surface area contributed by atoms with Crippen LogP contribution in [0.15, 0.2) is 12.7 Å². The molecule has 0 aliphatic rings. The summed E-state index contributed by atoms with van der Waals surface area (Å²) in [6.07, 6.45) is 3.14. The van der Waals surface area contributed by atoms with Crippen LogP contribution in [0.2, 0.25) is 0 Å². The molecule has 0 N–H and O–H groups in total. The summed E-state index contributed by atoms with van der Waals surface area (Å²) < 4.78 is 1.68. The second-order valence-corrected chi connectivity index (χ2v) is 1.52. The summed E-state index contributed by atoms with van der Waals surface area (Å²) in [7, 11) is 0. The van der Waals surface area contributed by atoms with E-state index in [1.807, 2.05) is 0 Å². The van der Waals surface area contributed by atoms with E-state index in [-0.39, 0.29) is 0 Å². The van der Waals surface area contributed by atoms with E-state index < -0.39 is 0 Å². The zero-order chi connectivity index (χ0) is 6.53. The van der Waals surface area contributed by atoms with Gasteiger partial charge in [-0.2, -0.15) is 5.10 Å². The maximum absolute atomic E-state index is 3.86. The van der Waals surface area contributed by atoms with Crippen LogP contribution in [0.25, 0.3) is 0 Å². The van der Waals surface area contributed by atoms with Gasteiger partial charge in [0.1, 0.15) is 19.2 Å². The monoisotopic (exact) mass is 121 g/mol. The zero-order valence-corrected chi connectivity index (χ0v) is 5.20. The van der Waals surface area contributed by atoms with Gasteiger partial charge in [-0.3, -0.25) is 0 Å². The van der Waals surface area contributed by atoms with Gasteiger partial charge in [0, 0.05) is 0 Å². The molecule has 1 aromatic rings.